The highest BCUT2D eigenvalue weighted by atomic mass is 16.3. The number of hydrogen-bond acceptors (Lipinski definition) is 3. The van der Waals surface area contributed by atoms with Gasteiger partial charge in [-0.3, -0.25) is 10.00 Å². The molecule has 0 aliphatic carbocycles. The van der Waals surface area contributed by atoms with Crippen molar-refractivity contribution in [3.05, 3.63) is 53.9 Å². The molecular weight excluding hydrogens is 214 g/mol. The number of aromatic nitrogens is 2. The number of rotatable bonds is 6. The summed E-state index contributed by atoms with van der Waals surface area (Å²) >= 11 is 0. The van der Waals surface area contributed by atoms with Crippen LogP contribution in [0.25, 0.3) is 0 Å². The Kier molecular flexibility index (Phi) is 4.30. The van der Waals surface area contributed by atoms with Gasteiger partial charge in [-0.05, 0) is 5.56 Å². The van der Waals surface area contributed by atoms with E-state index in [0.29, 0.717) is 6.54 Å². The van der Waals surface area contributed by atoms with E-state index in [2.05, 4.69) is 27.2 Å². The van der Waals surface area contributed by atoms with Gasteiger partial charge in [0, 0.05) is 31.4 Å². The van der Waals surface area contributed by atoms with Gasteiger partial charge < -0.3 is 5.11 Å². The first kappa shape index (κ1) is 11.8. The summed E-state index contributed by atoms with van der Waals surface area (Å²) in [6, 6.07) is 10.3. The van der Waals surface area contributed by atoms with E-state index in [9.17, 15) is 0 Å². The number of aromatic amines is 1. The highest BCUT2D eigenvalue weighted by Crippen LogP contribution is 2.08. The van der Waals surface area contributed by atoms with Crippen molar-refractivity contribution in [1.82, 2.24) is 15.1 Å². The number of aliphatic hydroxyl groups excluding tert-OH is 1. The van der Waals surface area contributed by atoms with Crippen molar-refractivity contribution in [3.63, 3.8) is 0 Å². The van der Waals surface area contributed by atoms with Crippen LogP contribution < -0.4 is 0 Å². The molecular formula is C13H17N3O. The van der Waals surface area contributed by atoms with Gasteiger partial charge >= 0.3 is 0 Å². The first-order valence-corrected chi connectivity index (χ1v) is 5.73. The summed E-state index contributed by atoms with van der Waals surface area (Å²) < 4.78 is 0. The number of nitrogens with one attached hydrogen (secondary N) is 1. The minimum Gasteiger partial charge on any atom is -0.395 e. The standard InChI is InChI=1S/C13H17N3O/c17-7-6-16(11-13-8-14-15-9-13)10-12-4-2-1-3-5-12/h1-5,8-9,17H,6-7,10-11H2,(H,14,15). The van der Waals surface area contributed by atoms with Crippen molar-refractivity contribution >= 4 is 0 Å². The summed E-state index contributed by atoms with van der Waals surface area (Å²) in [6.45, 7) is 2.48. The maximum atomic E-state index is 9.08. The van der Waals surface area contributed by atoms with E-state index in [4.69, 9.17) is 5.11 Å². The molecule has 0 aliphatic heterocycles. The quantitative estimate of drug-likeness (QED) is 0.790. The molecule has 17 heavy (non-hydrogen) atoms. The Morgan fingerprint density at radius 3 is 2.53 bits per heavy atom. The van der Waals surface area contributed by atoms with Crippen molar-refractivity contribution in [3.8, 4) is 0 Å². The number of hydrogen-bond donors (Lipinski definition) is 2. The Hall–Kier alpha value is -1.65. The fourth-order valence-corrected chi connectivity index (χ4v) is 1.82. The Morgan fingerprint density at radius 2 is 1.88 bits per heavy atom. The lowest BCUT2D eigenvalue weighted by atomic mass is 10.2. The molecule has 2 aromatic rings. The molecule has 1 aromatic heterocycles. The average molecular weight is 231 g/mol. The third-order valence-corrected chi connectivity index (χ3v) is 2.63. The fraction of sp³-hybridized carbons (Fsp3) is 0.308. The Balaban J connectivity index is 1.97. The Bertz CT molecular complexity index is 413. The second-order valence-electron chi connectivity index (χ2n) is 4.03. The predicted octanol–water partition coefficient (Wildman–Crippen LogP) is 1.40. The molecule has 0 bridgehead atoms. The van der Waals surface area contributed by atoms with E-state index < -0.39 is 0 Å². The van der Waals surface area contributed by atoms with E-state index in [0.717, 1.165) is 18.7 Å². The van der Waals surface area contributed by atoms with Crippen molar-refractivity contribution in [2.75, 3.05) is 13.2 Å². The first-order valence-electron chi connectivity index (χ1n) is 5.73. The number of aliphatic hydroxyl groups is 1. The van der Waals surface area contributed by atoms with Crippen LogP contribution in [0.4, 0.5) is 0 Å². The summed E-state index contributed by atoms with van der Waals surface area (Å²) in [4.78, 5) is 2.19. The zero-order valence-electron chi connectivity index (χ0n) is 9.71. The SMILES string of the molecule is OCCN(Cc1ccccc1)Cc1cn[nH]c1. The molecule has 1 aromatic carbocycles. The van der Waals surface area contributed by atoms with Crippen molar-refractivity contribution < 1.29 is 5.11 Å². The summed E-state index contributed by atoms with van der Waals surface area (Å²) in [5.74, 6) is 0. The first-order chi connectivity index (χ1) is 8.38. The lowest BCUT2D eigenvalue weighted by molar-refractivity contribution is 0.184. The molecule has 4 heteroatoms. The van der Waals surface area contributed by atoms with Crippen molar-refractivity contribution in [2.45, 2.75) is 13.1 Å². The molecule has 0 aliphatic rings. The smallest absolute Gasteiger partial charge is 0.0558 e. The van der Waals surface area contributed by atoms with Gasteiger partial charge in [-0.1, -0.05) is 30.3 Å². The third-order valence-electron chi connectivity index (χ3n) is 2.63. The summed E-state index contributed by atoms with van der Waals surface area (Å²) in [7, 11) is 0. The molecule has 0 saturated carbocycles. The van der Waals surface area contributed by atoms with Gasteiger partial charge in [0.15, 0.2) is 0 Å². The maximum Gasteiger partial charge on any atom is 0.0558 e. The van der Waals surface area contributed by atoms with Gasteiger partial charge in [-0.2, -0.15) is 5.10 Å². The number of nitrogens with zero attached hydrogens (tertiary/aromatic N) is 2. The monoisotopic (exact) mass is 231 g/mol. The maximum absolute atomic E-state index is 9.08. The fourth-order valence-electron chi connectivity index (χ4n) is 1.82. The largest absolute Gasteiger partial charge is 0.395 e. The van der Waals surface area contributed by atoms with Crippen molar-refractivity contribution in [1.29, 1.82) is 0 Å². The van der Waals surface area contributed by atoms with Gasteiger partial charge in [0.1, 0.15) is 0 Å². The van der Waals surface area contributed by atoms with E-state index in [1.807, 2.05) is 30.6 Å². The zero-order valence-corrected chi connectivity index (χ0v) is 9.71. The van der Waals surface area contributed by atoms with Gasteiger partial charge in [-0.15, -0.1) is 0 Å². The van der Waals surface area contributed by atoms with Crippen LogP contribution in [-0.2, 0) is 13.1 Å². The lowest BCUT2D eigenvalue weighted by Gasteiger charge is -2.20. The highest BCUT2D eigenvalue weighted by molar-refractivity contribution is 5.14. The number of H-pyrrole nitrogens is 1. The topological polar surface area (TPSA) is 52.1 Å². The lowest BCUT2D eigenvalue weighted by Crippen LogP contribution is -2.25. The molecule has 4 nitrogen and oxygen atoms in total. The van der Waals surface area contributed by atoms with E-state index >= 15 is 0 Å². The molecule has 0 amide bonds. The van der Waals surface area contributed by atoms with Crippen LogP contribution in [0.2, 0.25) is 0 Å². The van der Waals surface area contributed by atoms with Crippen LogP contribution in [0.3, 0.4) is 0 Å². The Morgan fingerprint density at radius 1 is 1.12 bits per heavy atom. The zero-order chi connectivity index (χ0) is 11.9. The second kappa shape index (κ2) is 6.18. The molecule has 2 N–H and O–H groups in total. The third kappa shape index (κ3) is 3.69. The summed E-state index contributed by atoms with van der Waals surface area (Å²) in [5, 5.41) is 15.8. The highest BCUT2D eigenvalue weighted by Gasteiger charge is 2.06. The van der Waals surface area contributed by atoms with Crippen LogP contribution in [0, 0.1) is 0 Å². The van der Waals surface area contributed by atoms with E-state index in [-0.39, 0.29) is 6.61 Å². The molecule has 90 valence electrons. The predicted molar refractivity (Wildman–Crippen MR) is 66.2 cm³/mol. The molecule has 2 rings (SSSR count). The minimum atomic E-state index is 0.171. The van der Waals surface area contributed by atoms with Gasteiger partial charge in [-0.25, -0.2) is 0 Å². The summed E-state index contributed by atoms with van der Waals surface area (Å²) in [5.41, 5.74) is 2.39. The number of benzene rings is 1. The normalized spacial score (nSPS) is 10.9. The van der Waals surface area contributed by atoms with E-state index in [1.54, 1.807) is 0 Å². The van der Waals surface area contributed by atoms with E-state index in [1.165, 1.54) is 5.56 Å². The van der Waals surface area contributed by atoms with Gasteiger partial charge in [0.25, 0.3) is 0 Å². The second-order valence-corrected chi connectivity index (χ2v) is 4.03. The van der Waals surface area contributed by atoms with Gasteiger partial charge in [0.05, 0.1) is 12.8 Å². The average Bonchev–Trinajstić information content (AvgIpc) is 2.83. The molecule has 0 radical (unpaired) electrons. The molecule has 0 unspecified atom stereocenters. The molecule has 0 atom stereocenters. The van der Waals surface area contributed by atoms with Crippen LogP contribution in [0.15, 0.2) is 42.7 Å². The van der Waals surface area contributed by atoms with Crippen LogP contribution in [0.1, 0.15) is 11.1 Å². The summed E-state index contributed by atoms with van der Waals surface area (Å²) in [6.07, 6.45) is 3.70. The molecule has 0 saturated heterocycles. The van der Waals surface area contributed by atoms with Gasteiger partial charge in [0.2, 0.25) is 0 Å². The molecule has 0 spiro atoms. The minimum absolute atomic E-state index is 0.171. The van der Waals surface area contributed by atoms with Crippen LogP contribution in [-0.4, -0.2) is 33.4 Å². The van der Waals surface area contributed by atoms with Crippen LogP contribution in [0.5, 0.6) is 0 Å². The Labute approximate surface area is 101 Å². The van der Waals surface area contributed by atoms with Crippen LogP contribution >= 0.6 is 0 Å². The van der Waals surface area contributed by atoms with Crippen molar-refractivity contribution in [2.24, 2.45) is 0 Å². The molecule has 0 fully saturated rings. The molecule has 1 heterocycles.